The van der Waals surface area contributed by atoms with Crippen LogP contribution in [0.2, 0.25) is 0 Å². The van der Waals surface area contributed by atoms with Crippen molar-refractivity contribution in [3.63, 3.8) is 0 Å². The molecule has 4 rings (SSSR count). The highest BCUT2D eigenvalue weighted by molar-refractivity contribution is 8.26. The van der Waals surface area contributed by atoms with Crippen LogP contribution in [0.15, 0.2) is 69.1 Å². The summed E-state index contributed by atoms with van der Waals surface area (Å²) in [6.45, 7) is 2.09. The van der Waals surface area contributed by atoms with E-state index in [1.165, 1.54) is 66.4 Å². The third-order valence-corrected chi connectivity index (χ3v) is 7.22. The van der Waals surface area contributed by atoms with Crippen molar-refractivity contribution in [2.75, 3.05) is 7.11 Å². The first-order valence-electron chi connectivity index (χ1n) is 10.5. The van der Waals surface area contributed by atoms with Gasteiger partial charge in [0.15, 0.2) is 5.84 Å². The molecule has 1 N–H and O–H groups in total. The molecule has 1 amide bonds. The lowest BCUT2D eigenvalue weighted by molar-refractivity contribution is -0.114. The van der Waals surface area contributed by atoms with Crippen molar-refractivity contribution in [1.29, 1.82) is 5.41 Å². The number of nitrogens with one attached hydrogen (secondary N) is 1. The first-order chi connectivity index (χ1) is 16.3. The van der Waals surface area contributed by atoms with Crippen LogP contribution in [-0.4, -0.2) is 42.5 Å². The Morgan fingerprint density at radius 3 is 2.41 bits per heavy atom. The Morgan fingerprint density at radius 2 is 1.76 bits per heavy atom. The molecule has 176 valence electrons. The van der Waals surface area contributed by atoms with Gasteiger partial charge < -0.3 is 8.92 Å². The minimum absolute atomic E-state index is 0.00301. The quantitative estimate of drug-likeness (QED) is 0.426. The highest BCUT2D eigenvalue weighted by atomic mass is 32.2. The third kappa shape index (κ3) is 5.05. The smallest absolute Gasteiger partial charge is 0.339 e. The molecule has 34 heavy (non-hydrogen) atoms. The molecule has 0 spiro atoms. The lowest BCUT2D eigenvalue weighted by Gasteiger charge is -2.20. The number of aliphatic imine (C=N–C) groups is 1. The molecule has 0 atom stereocenters. The number of rotatable bonds is 8. The zero-order valence-electron chi connectivity index (χ0n) is 18.5. The number of ether oxygens (including phenoxy) is 1. The van der Waals surface area contributed by atoms with Crippen LogP contribution in [0.4, 0.5) is 0 Å². The zero-order valence-corrected chi connectivity index (χ0v) is 20.1. The van der Waals surface area contributed by atoms with Crippen LogP contribution >= 0.6 is 11.8 Å². The van der Waals surface area contributed by atoms with Crippen molar-refractivity contribution < 1.29 is 22.1 Å². The summed E-state index contributed by atoms with van der Waals surface area (Å²) in [4.78, 5) is 16.6. The second-order valence-corrected chi connectivity index (χ2v) is 9.99. The van der Waals surface area contributed by atoms with Gasteiger partial charge in [0.1, 0.15) is 21.4 Å². The lowest BCUT2D eigenvalue weighted by Crippen LogP contribution is -2.35. The molecule has 0 bridgehead atoms. The van der Waals surface area contributed by atoms with Crippen LogP contribution in [-0.2, 0) is 14.9 Å². The Balaban J connectivity index is 1.50. The van der Waals surface area contributed by atoms with E-state index in [4.69, 9.17) is 14.3 Å². The number of nitrogens with zero attached hydrogens (tertiary/aromatic N) is 3. The van der Waals surface area contributed by atoms with E-state index >= 15 is 0 Å². The number of hydrogen-bond donors (Lipinski definition) is 1. The molecule has 2 aliphatic rings. The van der Waals surface area contributed by atoms with Gasteiger partial charge in [-0.15, -0.1) is 0 Å². The average Bonchev–Trinajstić information content (AvgIpc) is 3.24. The topological polar surface area (TPSA) is 121 Å². The molecule has 0 unspecified atom stereocenters. The van der Waals surface area contributed by atoms with E-state index in [-0.39, 0.29) is 22.1 Å². The summed E-state index contributed by atoms with van der Waals surface area (Å²) < 4.78 is 35.2. The number of hydrogen-bond acceptors (Lipinski definition) is 8. The van der Waals surface area contributed by atoms with E-state index in [0.717, 1.165) is 24.3 Å². The maximum Gasteiger partial charge on any atom is 0.339 e. The summed E-state index contributed by atoms with van der Waals surface area (Å²) in [5, 5.41) is 15.4. The predicted molar refractivity (Wildman–Crippen MR) is 132 cm³/mol. The van der Waals surface area contributed by atoms with Crippen LogP contribution in [0.5, 0.6) is 11.5 Å². The first kappa shape index (κ1) is 23.7. The number of benzene rings is 2. The monoisotopic (exact) mass is 498 g/mol. The molecule has 2 aliphatic heterocycles. The van der Waals surface area contributed by atoms with Crippen molar-refractivity contribution in [3.05, 3.63) is 59.7 Å². The van der Waals surface area contributed by atoms with Crippen LogP contribution < -0.4 is 8.92 Å². The Hall–Kier alpha value is -3.44. The minimum atomic E-state index is -4.02. The van der Waals surface area contributed by atoms with E-state index in [9.17, 15) is 13.2 Å². The fraction of sp³-hybridized carbons (Fsp3) is 0.217. The van der Waals surface area contributed by atoms with Gasteiger partial charge in [-0.25, -0.2) is 0 Å². The molecule has 0 fully saturated rings. The molecule has 11 heteroatoms. The number of methoxy groups -OCH3 is 1. The maximum absolute atomic E-state index is 12.5. The fourth-order valence-electron chi connectivity index (χ4n) is 3.16. The van der Waals surface area contributed by atoms with E-state index < -0.39 is 16.0 Å². The highest BCUT2D eigenvalue weighted by Crippen LogP contribution is 2.30. The molecule has 0 radical (unpaired) electrons. The van der Waals surface area contributed by atoms with E-state index in [0.29, 0.717) is 16.5 Å². The number of amides is 1. The molecule has 2 heterocycles. The van der Waals surface area contributed by atoms with E-state index in [1.807, 2.05) is 0 Å². The largest absolute Gasteiger partial charge is 0.497 e. The summed E-state index contributed by atoms with van der Waals surface area (Å²) in [7, 11) is -2.53. The Morgan fingerprint density at radius 1 is 1.09 bits per heavy atom. The number of fused-ring (bicyclic) bond motifs is 1. The minimum Gasteiger partial charge on any atom is -0.497 e. The van der Waals surface area contributed by atoms with Gasteiger partial charge in [0, 0.05) is 0 Å². The normalized spacial score (nSPS) is 16.9. The Labute approximate surface area is 201 Å². The number of unbranched alkanes of at least 4 members (excludes halogenated alkanes) is 1. The van der Waals surface area contributed by atoms with Crippen LogP contribution in [0.1, 0.15) is 31.7 Å². The molecule has 0 saturated carbocycles. The molecule has 2 aromatic carbocycles. The van der Waals surface area contributed by atoms with Gasteiger partial charge in [0.2, 0.25) is 5.17 Å². The fourth-order valence-corrected chi connectivity index (χ4v) is 5.02. The summed E-state index contributed by atoms with van der Waals surface area (Å²) in [5.74, 6) is 0.0879. The average molecular weight is 499 g/mol. The van der Waals surface area contributed by atoms with Crippen molar-refractivity contribution in [2.24, 2.45) is 10.1 Å². The van der Waals surface area contributed by atoms with Crippen molar-refractivity contribution in [3.8, 4) is 11.5 Å². The van der Waals surface area contributed by atoms with Gasteiger partial charge in [-0.2, -0.15) is 23.5 Å². The molecule has 0 aliphatic carbocycles. The summed E-state index contributed by atoms with van der Waals surface area (Å²) in [6.07, 6.45) is 4.29. The molecule has 2 aromatic rings. The SMILES string of the molecule is CCCCC1=NN2C(=N)/C(=C/c3ccc(OS(=O)(=O)c4ccc(OC)cc4)cc3)C(=O)N=C2S1. The van der Waals surface area contributed by atoms with Crippen LogP contribution in [0, 0.1) is 5.41 Å². The highest BCUT2D eigenvalue weighted by Gasteiger charge is 2.35. The number of amidine groups is 2. The van der Waals surface area contributed by atoms with Crippen molar-refractivity contribution in [1.82, 2.24) is 5.01 Å². The summed E-state index contributed by atoms with van der Waals surface area (Å²) in [6, 6.07) is 12.0. The number of carbonyl (C=O) groups excluding carboxylic acids is 1. The third-order valence-electron chi connectivity index (χ3n) is 4.99. The maximum atomic E-state index is 12.5. The Bertz CT molecular complexity index is 1310. The van der Waals surface area contributed by atoms with Gasteiger partial charge in [0.25, 0.3) is 5.91 Å². The van der Waals surface area contributed by atoms with E-state index in [1.54, 1.807) is 12.1 Å². The summed E-state index contributed by atoms with van der Waals surface area (Å²) >= 11 is 1.31. The second kappa shape index (κ2) is 9.82. The van der Waals surface area contributed by atoms with Gasteiger partial charge in [-0.3, -0.25) is 10.2 Å². The van der Waals surface area contributed by atoms with E-state index in [2.05, 4.69) is 17.0 Å². The number of carbonyl (C=O) groups is 1. The zero-order chi connectivity index (χ0) is 24.3. The van der Waals surface area contributed by atoms with Crippen molar-refractivity contribution >= 4 is 49.9 Å². The lowest BCUT2D eigenvalue weighted by atomic mass is 10.1. The molecule has 0 aromatic heterocycles. The van der Waals surface area contributed by atoms with Crippen LogP contribution in [0.25, 0.3) is 6.08 Å². The van der Waals surface area contributed by atoms with Gasteiger partial charge in [-0.1, -0.05) is 25.5 Å². The molecular weight excluding hydrogens is 476 g/mol. The van der Waals surface area contributed by atoms with Gasteiger partial charge in [0.05, 0.1) is 12.7 Å². The molecule has 0 saturated heterocycles. The number of thioether (sulfide) groups is 1. The van der Waals surface area contributed by atoms with Gasteiger partial charge in [-0.05, 0) is 72.6 Å². The molecule has 9 nitrogen and oxygen atoms in total. The Kier molecular flexibility index (Phi) is 6.85. The standard InChI is InChI=1S/C23H22N4O5S2/c1-3-4-5-20-26-27-21(24)19(22(28)25-23(27)33-20)14-15-6-8-17(9-7-15)32-34(29,30)18-12-10-16(31-2)11-13-18/h6-14,24H,3-5H2,1-2H3/b19-14-,24-21?. The first-order valence-corrected chi connectivity index (χ1v) is 12.7. The second-order valence-electron chi connectivity index (χ2n) is 7.40. The summed E-state index contributed by atoms with van der Waals surface area (Å²) in [5.41, 5.74) is 0.687. The van der Waals surface area contributed by atoms with Crippen LogP contribution in [0.3, 0.4) is 0 Å². The number of hydrazone groups is 1. The van der Waals surface area contributed by atoms with Gasteiger partial charge >= 0.3 is 10.1 Å². The molecular formula is C23H22N4O5S2. The van der Waals surface area contributed by atoms with Crippen molar-refractivity contribution in [2.45, 2.75) is 31.1 Å². The predicted octanol–water partition coefficient (Wildman–Crippen LogP) is 4.27.